The smallest absolute Gasteiger partial charge is 0.491 e. The van der Waals surface area contributed by atoms with Crippen molar-refractivity contribution in [3.8, 4) is 28.5 Å². The van der Waals surface area contributed by atoms with Gasteiger partial charge in [-0.1, -0.05) is 12.2 Å². The number of aromatic nitrogens is 2. The van der Waals surface area contributed by atoms with Gasteiger partial charge in [-0.15, -0.1) is 0 Å². The summed E-state index contributed by atoms with van der Waals surface area (Å²) in [7, 11) is 0. The van der Waals surface area contributed by atoms with Crippen molar-refractivity contribution in [3.05, 3.63) is 65.6 Å². The summed E-state index contributed by atoms with van der Waals surface area (Å²) in [6, 6.07) is 5.72. The quantitative estimate of drug-likeness (QED) is 0.0877. The van der Waals surface area contributed by atoms with Crippen LogP contribution in [0.4, 0.5) is 26.3 Å². The Hall–Kier alpha value is -5.35. The van der Waals surface area contributed by atoms with Crippen LogP contribution in [-0.4, -0.2) is 57.7 Å². The van der Waals surface area contributed by atoms with Crippen molar-refractivity contribution in [1.29, 1.82) is 5.41 Å². The molecule has 2 aromatic carbocycles. The van der Waals surface area contributed by atoms with E-state index in [2.05, 4.69) is 24.8 Å². The van der Waals surface area contributed by atoms with Crippen molar-refractivity contribution in [3.63, 3.8) is 0 Å². The summed E-state index contributed by atoms with van der Waals surface area (Å²) in [5.41, 5.74) is 4.27. The first-order valence-corrected chi connectivity index (χ1v) is 11.0. The number of nitrogen functional groups attached to an aromatic ring is 1. The van der Waals surface area contributed by atoms with Crippen LogP contribution < -0.4 is 20.5 Å². The van der Waals surface area contributed by atoms with Gasteiger partial charge in [0.1, 0.15) is 11.6 Å². The molecule has 0 bridgehead atoms. The number of hydrogen-bond acceptors (Lipinski definition) is 8. The maximum atomic E-state index is 13.0. The van der Waals surface area contributed by atoms with Gasteiger partial charge in [-0.3, -0.25) is 10.2 Å². The number of halogens is 6. The SMILES string of the molecule is N=C(N)c1ccc(O)c(/C=C/CNC(=O)c2ccc(-c3cnc[nH]3)c(OC(=O)C(F)(F)F)c2OC(=O)C(F)(F)F)c1. The maximum absolute atomic E-state index is 13.0. The van der Waals surface area contributed by atoms with Gasteiger partial charge >= 0.3 is 24.3 Å². The molecule has 3 rings (SSSR count). The number of hydrogen-bond donors (Lipinski definition) is 5. The van der Waals surface area contributed by atoms with E-state index in [-0.39, 0.29) is 35.0 Å². The number of aromatic hydroxyl groups is 1. The molecule has 11 nitrogen and oxygen atoms in total. The topological polar surface area (TPSA) is 180 Å². The van der Waals surface area contributed by atoms with Crippen LogP contribution in [0.1, 0.15) is 21.5 Å². The number of carbonyl (C=O) groups excluding carboxylic acids is 3. The number of amides is 1. The molecule has 0 atom stereocenters. The third-order valence-corrected chi connectivity index (χ3v) is 5.01. The minimum atomic E-state index is -5.65. The number of benzene rings is 2. The number of nitrogens with two attached hydrogens (primary N) is 1. The van der Waals surface area contributed by atoms with E-state index in [1.807, 2.05) is 0 Å². The summed E-state index contributed by atoms with van der Waals surface area (Å²) < 4.78 is 86.6. The Balaban J connectivity index is 2.01. The number of nitrogens with zero attached hydrogens (tertiary/aromatic N) is 1. The number of carbonyl (C=O) groups is 3. The summed E-state index contributed by atoms with van der Waals surface area (Å²) >= 11 is 0. The zero-order chi connectivity index (χ0) is 30.5. The zero-order valence-corrected chi connectivity index (χ0v) is 20.2. The van der Waals surface area contributed by atoms with Crippen LogP contribution in [0.5, 0.6) is 17.2 Å². The van der Waals surface area contributed by atoms with E-state index < -0.39 is 52.8 Å². The first-order valence-electron chi connectivity index (χ1n) is 11.0. The average Bonchev–Trinajstić information content (AvgIpc) is 3.41. The maximum Gasteiger partial charge on any atom is 0.491 e. The lowest BCUT2D eigenvalue weighted by Crippen LogP contribution is -2.32. The summed E-state index contributed by atoms with van der Waals surface area (Å²) in [4.78, 5) is 42.2. The van der Waals surface area contributed by atoms with Crippen molar-refractivity contribution >= 4 is 29.8 Å². The highest BCUT2D eigenvalue weighted by Gasteiger charge is 2.45. The number of nitrogens with one attached hydrogen (secondary N) is 3. The molecule has 6 N–H and O–H groups in total. The highest BCUT2D eigenvalue weighted by Crippen LogP contribution is 2.42. The molecule has 0 spiro atoms. The van der Waals surface area contributed by atoms with Crippen LogP contribution >= 0.6 is 0 Å². The molecule has 0 fully saturated rings. The van der Waals surface area contributed by atoms with Crippen LogP contribution in [0.25, 0.3) is 17.3 Å². The number of esters is 2. The Morgan fingerprint density at radius 3 is 2.22 bits per heavy atom. The number of ether oxygens (including phenoxy) is 2. The van der Waals surface area contributed by atoms with Crippen molar-refractivity contribution in [1.82, 2.24) is 15.3 Å². The highest BCUT2D eigenvalue weighted by atomic mass is 19.4. The molecule has 1 heterocycles. The van der Waals surface area contributed by atoms with E-state index in [1.165, 1.54) is 30.4 Å². The second-order valence-electron chi connectivity index (χ2n) is 7.86. The van der Waals surface area contributed by atoms with E-state index in [1.54, 1.807) is 0 Å². The second kappa shape index (κ2) is 11.8. The first-order chi connectivity index (χ1) is 19.1. The minimum Gasteiger partial charge on any atom is -0.507 e. The molecule has 41 heavy (non-hydrogen) atoms. The van der Waals surface area contributed by atoms with E-state index in [0.29, 0.717) is 0 Å². The molecule has 1 aromatic heterocycles. The molecule has 0 aliphatic carbocycles. The van der Waals surface area contributed by atoms with E-state index in [4.69, 9.17) is 11.1 Å². The summed E-state index contributed by atoms with van der Waals surface area (Å²) in [6.45, 7) is -0.366. The molecule has 0 aliphatic heterocycles. The lowest BCUT2D eigenvalue weighted by Gasteiger charge is -2.18. The molecule has 0 saturated carbocycles. The lowest BCUT2D eigenvalue weighted by molar-refractivity contribution is -0.191. The number of imidazole rings is 1. The third-order valence-electron chi connectivity index (χ3n) is 5.01. The third kappa shape index (κ3) is 7.40. The molecule has 17 heteroatoms. The fraction of sp³-hybridized carbons (Fsp3) is 0.125. The Morgan fingerprint density at radius 1 is 1.02 bits per heavy atom. The monoisotopic (exact) mass is 585 g/mol. The fourth-order valence-electron chi connectivity index (χ4n) is 3.15. The van der Waals surface area contributed by atoms with Gasteiger partial charge in [-0.2, -0.15) is 26.3 Å². The van der Waals surface area contributed by atoms with Crippen LogP contribution in [0.15, 0.2) is 48.9 Å². The van der Waals surface area contributed by atoms with Gasteiger partial charge in [0.2, 0.25) is 0 Å². The Bertz CT molecular complexity index is 1520. The standard InChI is InChI=1S/C24H17F6N5O6/c25-23(26,27)21(38)40-17-13(15-9-33-10-35-15)4-5-14(18(17)41-22(39)24(28,29)30)20(37)34-7-1-2-11-8-12(19(31)32)3-6-16(11)36/h1-6,8-10,36H,7H2,(H3,31,32)(H,33,35)(H,34,37)/b2-1+. The Morgan fingerprint density at radius 2 is 1.66 bits per heavy atom. The molecule has 0 unspecified atom stereocenters. The van der Waals surface area contributed by atoms with Gasteiger partial charge in [0.05, 0.1) is 23.8 Å². The molecule has 216 valence electrons. The number of alkyl halides is 6. The largest absolute Gasteiger partial charge is 0.507 e. The Kier molecular flexibility index (Phi) is 8.69. The van der Waals surface area contributed by atoms with Crippen LogP contribution in [-0.2, 0) is 9.59 Å². The van der Waals surface area contributed by atoms with Crippen molar-refractivity contribution in [2.24, 2.45) is 5.73 Å². The first kappa shape index (κ1) is 30.2. The average molecular weight is 585 g/mol. The molecular weight excluding hydrogens is 568 g/mol. The minimum absolute atomic E-state index is 0.165. The predicted octanol–water partition coefficient (Wildman–Crippen LogP) is 3.44. The van der Waals surface area contributed by atoms with Gasteiger partial charge in [-0.25, -0.2) is 14.6 Å². The molecule has 1 amide bonds. The zero-order valence-electron chi connectivity index (χ0n) is 20.2. The normalized spacial score (nSPS) is 11.8. The van der Waals surface area contributed by atoms with Crippen LogP contribution in [0.3, 0.4) is 0 Å². The van der Waals surface area contributed by atoms with Gasteiger partial charge in [0.15, 0.2) is 11.5 Å². The number of rotatable bonds is 8. The molecule has 0 aliphatic rings. The number of H-pyrrole nitrogens is 1. The number of phenolic OH excluding ortho intramolecular Hbond substituents is 1. The van der Waals surface area contributed by atoms with E-state index in [9.17, 15) is 45.8 Å². The summed E-state index contributed by atoms with van der Waals surface area (Å²) in [6.07, 6.45) is -6.65. The molecule has 0 radical (unpaired) electrons. The predicted molar refractivity (Wildman–Crippen MR) is 128 cm³/mol. The van der Waals surface area contributed by atoms with Crippen molar-refractivity contribution < 1.29 is 55.3 Å². The van der Waals surface area contributed by atoms with Crippen LogP contribution in [0, 0.1) is 5.41 Å². The van der Waals surface area contributed by atoms with Gasteiger partial charge in [0.25, 0.3) is 5.91 Å². The Labute approximate surface area is 225 Å². The number of phenols is 1. The molecule has 3 aromatic rings. The number of amidine groups is 1. The molecule has 0 saturated heterocycles. The molecular formula is C24H17F6N5O6. The van der Waals surface area contributed by atoms with Crippen molar-refractivity contribution in [2.75, 3.05) is 6.54 Å². The lowest BCUT2D eigenvalue weighted by atomic mass is 10.1. The highest BCUT2D eigenvalue weighted by molar-refractivity contribution is 6.01. The summed E-state index contributed by atoms with van der Waals surface area (Å²) in [5, 5.41) is 19.6. The second-order valence-corrected chi connectivity index (χ2v) is 7.86. The van der Waals surface area contributed by atoms with Crippen LogP contribution in [0.2, 0.25) is 0 Å². The van der Waals surface area contributed by atoms with E-state index >= 15 is 0 Å². The fourth-order valence-corrected chi connectivity index (χ4v) is 3.15. The summed E-state index contributed by atoms with van der Waals surface area (Å²) in [5.74, 6) is -10.3. The number of aromatic amines is 1. The van der Waals surface area contributed by atoms with Gasteiger partial charge in [0, 0.05) is 23.2 Å². The van der Waals surface area contributed by atoms with Gasteiger partial charge in [-0.05, 0) is 30.3 Å². The van der Waals surface area contributed by atoms with Crippen molar-refractivity contribution in [2.45, 2.75) is 12.4 Å². The van der Waals surface area contributed by atoms with Gasteiger partial charge < -0.3 is 30.6 Å². The van der Waals surface area contributed by atoms with E-state index in [0.717, 1.165) is 24.7 Å².